The van der Waals surface area contributed by atoms with Crippen LogP contribution in [0.1, 0.15) is 37.6 Å². The minimum atomic E-state index is -1.06. The lowest BCUT2D eigenvalue weighted by Crippen LogP contribution is -2.22. The van der Waals surface area contributed by atoms with E-state index >= 15 is 0 Å². The smallest absolute Gasteiger partial charge is 0.250 e. The Bertz CT molecular complexity index is 710. The number of carbonyl (C=O) groups is 1. The van der Waals surface area contributed by atoms with E-state index in [1.165, 1.54) is 0 Å². The second kappa shape index (κ2) is 12.7. The number of halogens is 3. The molecule has 2 rings (SSSR count). The number of rotatable bonds is 8. The molecule has 1 unspecified atom stereocenters. The molecule has 0 fully saturated rings. The fraction of sp³-hybridized carbons (Fsp3) is 0.400. The molecule has 1 heterocycles. The minimum Gasteiger partial charge on any atom is -0.388 e. The molecule has 1 atom stereocenters. The van der Waals surface area contributed by atoms with Crippen LogP contribution >= 0.6 is 23.2 Å². The second-order valence-corrected chi connectivity index (χ2v) is 7.49. The van der Waals surface area contributed by atoms with Crippen LogP contribution in [-0.4, -0.2) is 33.6 Å². The van der Waals surface area contributed by atoms with E-state index in [0.29, 0.717) is 6.04 Å². The van der Waals surface area contributed by atoms with E-state index in [2.05, 4.69) is 29.9 Å². The Morgan fingerprint density at radius 2 is 1.75 bits per heavy atom. The predicted molar refractivity (Wildman–Crippen MR) is 112 cm³/mol. The molecule has 4 N–H and O–H groups in total. The summed E-state index contributed by atoms with van der Waals surface area (Å²) in [5.41, 5.74) is 8.34. The molecule has 28 heavy (non-hydrogen) atoms. The van der Waals surface area contributed by atoms with E-state index in [1.54, 1.807) is 0 Å². The molecule has 154 valence electrons. The van der Waals surface area contributed by atoms with Crippen LogP contribution in [0.4, 0.5) is 4.39 Å². The number of carbonyl (C=O) groups excluding carboxylic acids is 1. The first kappa shape index (κ1) is 24.3. The van der Waals surface area contributed by atoms with Crippen LogP contribution < -0.4 is 11.1 Å². The van der Waals surface area contributed by atoms with Gasteiger partial charge in [-0.2, -0.15) is 0 Å². The number of benzene rings is 1. The highest BCUT2D eigenvalue weighted by Gasteiger charge is 2.07. The number of aliphatic hydroxyl groups excluding tert-OH is 1. The summed E-state index contributed by atoms with van der Waals surface area (Å²) >= 11 is 9.81. The fourth-order valence-corrected chi connectivity index (χ4v) is 2.18. The third-order valence-electron chi connectivity index (χ3n) is 3.74. The number of alkyl halides is 3. The molecule has 2 aromatic rings. The molecule has 0 saturated carbocycles. The molecule has 1 aromatic heterocycles. The van der Waals surface area contributed by atoms with Crippen LogP contribution in [0.3, 0.4) is 0 Å². The summed E-state index contributed by atoms with van der Waals surface area (Å²) in [5.74, 6) is -0.710. The van der Waals surface area contributed by atoms with Crippen LogP contribution in [0.15, 0.2) is 42.6 Å². The summed E-state index contributed by atoms with van der Waals surface area (Å²) in [7, 11) is 0. The van der Waals surface area contributed by atoms with Gasteiger partial charge in [-0.15, -0.1) is 0 Å². The summed E-state index contributed by atoms with van der Waals surface area (Å²) in [4.78, 5) is 13.0. The van der Waals surface area contributed by atoms with Gasteiger partial charge < -0.3 is 16.2 Å². The van der Waals surface area contributed by atoms with Crippen LogP contribution in [0.25, 0.3) is 11.1 Å². The molecule has 0 aliphatic carbocycles. The van der Waals surface area contributed by atoms with E-state index in [0.717, 1.165) is 28.9 Å². The predicted octanol–water partition coefficient (Wildman–Crippen LogP) is 3.92. The number of hydrogen-bond acceptors (Lipinski definition) is 4. The molecule has 0 radical (unpaired) electrons. The van der Waals surface area contributed by atoms with Crippen molar-refractivity contribution in [2.45, 2.75) is 43.8 Å². The average Bonchev–Trinajstić information content (AvgIpc) is 2.67. The van der Waals surface area contributed by atoms with Gasteiger partial charge in [0.2, 0.25) is 0 Å². The number of pyridine rings is 1. The zero-order chi connectivity index (χ0) is 21.1. The number of nitrogens with zero attached hydrogens (tertiary/aromatic N) is 1. The lowest BCUT2D eigenvalue weighted by atomic mass is 10.0. The van der Waals surface area contributed by atoms with Gasteiger partial charge in [0.25, 0.3) is 5.91 Å². The summed E-state index contributed by atoms with van der Waals surface area (Å²) in [6.45, 7) is 4.45. The van der Waals surface area contributed by atoms with Crippen molar-refractivity contribution >= 4 is 29.1 Å². The molecule has 0 aliphatic rings. The van der Waals surface area contributed by atoms with Gasteiger partial charge in [0.15, 0.2) is 4.84 Å². The van der Waals surface area contributed by atoms with Gasteiger partial charge in [0.1, 0.15) is 0 Å². The Hall–Kier alpha value is -1.73. The monoisotopic (exact) mass is 429 g/mol. The van der Waals surface area contributed by atoms with Crippen molar-refractivity contribution in [1.29, 1.82) is 0 Å². The molecule has 0 aliphatic heterocycles. The summed E-state index contributed by atoms with van der Waals surface area (Å²) < 4.78 is 12.3. The fourth-order valence-electron chi connectivity index (χ4n) is 2.18. The number of amides is 1. The zero-order valence-electron chi connectivity index (χ0n) is 15.9. The van der Waals surface area contributed by atoms with Crippen LogP contribution in [0, 0.1) is 0 Å². The van der Waals surface area contributed by atoms with Crippen molar-refractivity contribution in [3.05, 3.63) is 53.9 Å². The number of aliphatic hydroxyl groups is 1. The van der Waals surface area contributed by atoms with E-state index in [9.17, 15) is 14.3 Å². The number of nitrogens with two attached hydrogens (primary N) is 1. The Kier molecular flexibility index (Phi) is 11.0. The van der Waals surface area contributed by atoms with E-state index in [4.69, 9.17) is 23.2 Å². The van der Waals surface area contributed by atoms with E-state index < -0.39 is 23.5 Å². The number of primary amides is 1. The molecule has 1 aromatic carbocycles. The van der Waals surface area contributed by atoms with E-state index in [1.807, 2.05) is 42.6 Å². The third-order valence-corrected chi connectivity index (χ3v) is 4.17. The molecule has 8 heteroatoms. The maximum absolute atomic E-state index is 12.3. The van der Waals surface area contributed by atoms with Crippen molar-refractivity contribution in [1.82, 2.24) is 10.3 Å². The van der Waals surface area contributed by atoms with Gasteiger partial charge >= 0.3 is 0 Å². The third kappa shape index (κ3) is 8.97. The largest absolute Gasteiger partial charge is 0.388 e. The number of nitrogens with one attached hydrogen (secondary N) is 1. The number of aromatic nitrogens is 1. The van der Waals surface area contributed by atoms with Gasteiger partial charge in [0.05, 0.1) is 18.5 Å². The second-order valence-electron chi connectivity index (χ2n) is 6.39. The van der Waals surface area contributed by atoms with Crippen molar-refractivity contribution in [3.8, 4) is 11.1 Å². The lowest BCUT2D eigenvalue weighted by Gasteiger charge is -2.10. The average molecular weight is 430 g/mol. The highest BCUT2D eigenvalue weighted by Crippen LogP contribution is 2.23. The molecule has 5 nitrogen and oxygen atoms in total. The Balaban J connectivity index is 0.000000568. The van der Waals surface area contributed by atoms with Crippen LogP contribution in [-0.2, 0) is 11.3 Å². The van der Waals surface area contributed by atoms with Gasteiger partial charge in [0, 0.05) is 30.8 Å². The topological polar surface area (TPSA) is 88.2 Å². The molecule has 0 saturated heterocycles. The zero-order valence-corrected chi connectivity index (χ0v) is 17.4. The summed E-state index contributed by atoms with van der Waals surface area (Å²) in [5, 5.41) is 13.1. The Morgan fingerprint density at radius 1 is 1.18 bits per heavy atom. The van der Waals surface area contributed by atoms with Crippen molar-refractivity contribution in [2.75, 3.05) is 6.67 Å². The first-order valence-electron chi connectivity index (χ1n) is 8.84. The van der Waals surface area contributed by atoms with E-state index in [-0.39, 0.29) is 6.42 Å². The number of hydrogen-bond donors (Lipinski definition) is 3. The standard InChI is InChI=1S/C18H23FN2O.C2H3Cl2NO/c1-13(2)20-12-17-8-7-16(11-21-17)14-3-5-15(6-4-14)18(22)9-10-19;3-1(4)2(5)6/h3-8,11,13,18,20,22H,9-10,12H2,1-2H3;1H,(H2,5,6). The van der Waals surface area contributed by atoms with Gasteiger partial charge in [-0.05, 0) is 17.2 Å². The van der Waals surface area contributed by atoms with Gasteiger partial charge in [-0.1, -0.05) is 67.4 Å². The van der Waals surface area contributed by atoms with Gasteiger partial charge in [-0.25, -0.2) is 0 Å². The molecule has 1 amide bonds. The highest BCUT2D eigenvalue weighted by atomic mass is 35.5. The SMILES string of the molecule is CC(C)NCc1ccc(-c2ccc(C(O)CCF)cc2)cn1.NC(=O)C(Cl)Cl. The molecular weight excluding hydrogens is 404 g/mol. The highest BCUT2D eigenvalue weighted by molar-refractivity contribution is 6.53. The Morgan fingerprint density at radius 3 is 2.18 bits per heavy atom. The Labute approximate surface area is 175 Å². The van der Waals surface area contributed by atoms with Gasteiger partial charge in [-0.3, -0.25) is 14.2 Å². The normalized spacial score (nSPS) is 11.9. The summed E-state index contributed by atoms with van der Waals surface area (Å²) in [6.07, 6.45) is 1.25. The van der Waals surface area contributed by atoms with Crippen LogP contribution in [0.2, 0.25) is 0 Å². The van der Waals surface area contributed by atoms with Crippen molar-refractivity contribution < 1.29 is 14.3 Å². The lowest BCUT2D eigenvalue weighted by molar-refractivity contribution is -0.116. The first-order chi connectivity index (χ1) is 13.2. The van der Waals surface area contributed by atoms with Crippen LogP contribution in [0.5, 0.6) is 0 Å². The molecular formula is C20H26Cl2FN3O2. The summed E-state index contributed by atoms with van der Waals surface area (Å²) in [6, 6.07) is 12.0. The first-order valence-corrected chi connectivity index (χ1v) is 9.72. The molecule has 0 spiro atoms. The molecule has 0 bridgehead atoms. The van der Waals surface area contributed by atoms with Crippen molar-refractivity contribution in [2.24, 2.45) is 5.73 Å². The maximum Gasteiger partial charge on any atom is 0.250 e. The van der Waals surface area contributed by atoms with Crippen molar-refractivity contribution in [3.63, 3.8) is 0 Å². The quantitative estimate of drug-likeness (QED) is 0.554. The maximum atomic E-state index is 12.3. The minimum absolute atomic E-state index is 0.137.